The Bertz CT molecular complexity index is 546. The Kier molecular flexibility index (Phi) is 6.05. The summed E-state index contributed by atoms with van der Waals surface area (Å²) in [6.45, 7) is 9.04. The summed E-state index contributed by atoms with van der Waals surface area (Å²) in [5.41, 5.74) is 2.74. The van der Waals surface area contributed by atoms with Crippen molar-refractivity contribution in [2.45, 2.75) is 51.6 Å². The molecule has 2 rings (SSSR count). The lowest BCUT2D eigenvalue weighted by Gasteiger charge is -2.29. The summed E-state index contributed by atoms with van der Waals surface area (Å²) >= 11 is 0. The van der Waals surface area contributed by atoms with Gasteiger partial charge in [-0.1, -0.05) is 45.0 Å². The maximum absolute atomic E-state index is 11.5. The van der Waals surface area contributed by atoms with Crippen LogP contribution in [-0.4, -0.2) is 54.1 Å². The topological polar surface area (TPSA) is 43.8 Å². The summed E-state index contributed by atoms with van der Waals surface area (Å²) < 4.78 is 0. The minimum Gasteiger partial charge on any atom is -0.481 e. The Morgan fingerprint density at radius 2 is 1.79 bits per heavy atom. The van der Waals surface area contributed by atoms with Gasteiger partial charge < -0.3 is 10.0 Å². The van der Waals surface area contributed by atoms with Crippen molar-refractivity contribution >= 4 is 5.97 Å². The Morgan fingerprint density at radius 1 is 1.17 bits per heavy atom. The second-order valence-electron chi connectivity index (χ2n) is 8.37. The predicted octanol–water partition coefficient (Wildman–Crippen LogP) is 3.21. The largest absolute Gasteiger partial charge is 0.481 e. The van der Waals surface area contributed by atoms with E-state index in [0.29, 0.717) is 12.6 Å². The molecule has 0 saturated carbocycles. The highest BCUT2D eigenvalue weighted by atomic mass is 16.4. The third-order valence-corrected chi connectivity index (χ3v) is 5.10. The van der Waals surface area contributed by atoms with Crippen molar-refractivity contribution in [3.8, 4) is 0 Å². The lowest BCUT2D eigenvalue weighted by atomic mass is 9.87. The van der Waals surface area contributed by atoms with Crippen LogP contribution < -0.4 is 0 Å². The summed E-state index contributed by atoms with van der Waals surface area (Å²) in [5, 5.41) is 9.46. The van der Waals surface area contributed by atoms with Crippen molar-refractivity contribution in [3.63, 3.8) is 0 Å². The minimum absolute atomic E-state index is 0.158. The molecule has 4 heteroatoms. The third kappa shape index (κ3) is 5.05. The molecule has 1 aliphatic rings. The first-order chi connectivity index (χ1) is 11.2. The first-order valence-corrected chi connectivity index (χ1v) is 8.88. The van der Waals surface area contributed by atoms with Gasteiger partial charge in [-0.15, -0.1) is 0 Å². The number of carboxylic acid groups (broad SMARTS) is 1. The molecule has 1 N–H and O–H groups in total. The number of rotatable bonds is 4. The number of hydrogen-bond acceptors (Lipinski definition) is 3. The van der Waals surface area contributed by atoms with E-state index < -0.39 is 5.97 Å². The molecule has 1 saturated heterocycles. The maximum atomic E-state index is 11.5. The normalized spacial score (nSPS) is 23.2. The van der Waals surface area contributed by atoms with Gasteiger partial charge >= 0.3 is 5.97 Å². The molecule has 0 unspecified atom stereocenters. The highest BCUT2D eigenvalue weighted by Gasteiger charge is 2.29. The summed E-state index contributed by atoms with van der Waals surface area (Å²) in [5.74, 6) is -0.925. The number of hydrogen-bond donors (Lipinski definition) is 1. The third-order valence-electron chi connectivity index (χ3n) is 5.10. The average Bonchev–Trinajstić information content (AvgIpc) is 2.70. The number of likely N-dealkylation sites (tertiary alicyclic amines) is 1. The van der Waals surface area contributed by atoms with Crippen molar-refractivity contribution in [1.82, 2.24) is 9.80 Å². The van der Waals surface area contributed by atoms with Gasteiger partial charge in [0, 0.05) is 25.7 Å². The van der Waals surface area contributed by atoms with Crippen LogP contribution in [0, 0.1) is 5.92 Å². The van der Waals surface area contributed by atoms with Crippen LogP contribution in [0.4, 0.5) is 0 Å². The fraction of sp³-hybridized carbons (Fsp3) is 0.650. The first kappa shape index (κ1) is 18.9. The van der Waals surface area contributed by atoms with Crippen molar-refractivity contribution < 1.29 is 9.90 Å². The first-order valence-electron chi connectivity index (χ1n) is 8.88. The summed E-state index contributed by atoms with van der Waals surface area (Å²) in [4.78, 5) is 16.0. The predicted molar refractivity (Wildman–Crippen MR) is 98.3 cm³/mol. The molecule has 0 aromatic heterocycles. The Balaban J connectivity index is 2.11. The number of nitrogens with zero attached hydrogens (tertiary/aromatic N) is 2. The molecule has 0 spiro atoms. The molecule has 0 radical (unpaired) electrons. The molecule has 0 amide bonds. The van der Waals surface area contributed by atoms with Gasteiger partial charge in [0.15, 0.2) is 0 Å². The van der Waals surface area contributed by atoms with Gasteiger partial charge in [0.05, 0.1) is 5.92 Å². The zero-order valence-corrected chi connectivity index (χ0v) is 15.7. The van der Waals surface area contributed by atoms with Gasteiger partial charge in [-0.25, -0.2) is 0 Å². The number of benzene rings is 1. The fourth-order valence-corrected chi connectivity index (χ4v) is 3.38. The van der Waals surface area contributed by atoms with E-state index >= 15 is 0 Å². The Hall–Kier alpha value is -1.39. The standard InChI is InChI=1S/C20H32N2O2/c1-20(2,3)17-9-6-15(7-10-17)12-22-13-16(19(23)24)8-11-18(14-22)21(4)5/h6-7,9-10,16,18H,8,11-14H2,1-5H3,(H,23,24)/t16-,18+/m0/s1. The summed E-state index contributed by atoms with van der Waals surface area (Å²) in [6, 6.07) is 9.19. The van der Waals surface area contributed by atoms with Gasteiger partial charge in [0.2, 0.25) is 0 Å². The van der Waals surface area contributed by atoms with Gasteiger partial charge in [-0.05, 0) is 43.5 Å². The average molecular weight is 332 g/mol. The molecule has 134 valence electrons. The molecule has 24 heavy (non-hydrogen) atoms. The second-order valence-corrected chi connectivity index (χ2v) is 8.37. The van der Waals surface area contributed by atoms with Crippen LogP contribution >= 0.6 is 0 Å². The number of carboxylic acids is 1. The van der Waals surface area contributed by atoms with Gasteiger partial charge in [-0.2, -0.15) is 0 Å². The van der Waals surface area contributed by atoms with Crippen molar-refractivity contribution in [3.05, 3.63) is 35.4 Å². The Labute approximate surface area is 146 Å². The SMILES string of the molecule is CN(C)[C@@H]1CC[C@H](C(=O)O)CN(Cc2ccc(C(C)(C)C)cc2)C1. The van der Waals surface area contributed by atoms with Crippen LogP contribution in [0.25, 0.3) is 0 Å². The molecule has 1 aromatic rings. The zero-order valence-electron chi connectivity index (χ0n) is 15.7. The van der Waals surface area contributed by atoms with Crippen LogP contribution in [0.3, 0.4) is 0 Å². The molecule has 1 aliphatic heterocycles. The van der Waals surface area contributed by atoms with E-state index in [1.807, 2.05) is 0 Å². The van der Waals surface area contributed by atoms with Crippen LogP contribution in [0.5, 0.6) is 0 Å². The van der Waals surface area contributed by atoms with E-state index in [2.05, 4.69) is 68.9 Å². The highest BCUT2D eigenvalue weighted by molar-refractivity contribution is 5.70. The lowest BCUT2D eigenvalue weighted by molar-refractivity contribution is -0.142. The quantitative estimate of drug-likeness (QED) is 0.919. The van der Waals surface area contributed by atoms with E-state index in [0.717, 1.165) is 25.9 Å². The molecular weight excluding hydrogens is 300 g/mol. The van der Waals surface area contributed by atoms with E-state index in [1.165, 1.54) is 11.1 Å². The molecule has 0 bridgehead atoms. The van der Waals surface area contributed by atoms with E-state index in [-0.39, 0.29) is 11.3 Å². The molecule has 1 fully saturated rings. The minimum atomic E-state index is -0.664. The molecular formula is C20H32N2O2. The van der Waals surface area contributed by atoms with Gasteiger partial charge in [0.25, 0.3) is 0 Å². The molecule has 4 nitrogen and oxygen atoms in total. The van der Waals surface area contributed by atoms with E-state index in [1.54, 1.807) is 0 Å². The number of carbonyl (C=O) groups is 1. The van der Waals surface area contributed by atoms with Crippen LogP contribution in [-0.2, 0) is 16.8 Å². The van der Waals surface area contributed by atoms with Crippen LogP contribution in [0.15, 0.2) is 24.3 Å². The van der Waals surface area contributed by atoms with Crippen molar-refractivity contribution in [2.75, 3.05) is 27.2 Å². The number of aliphatic carboxylic acids is 1. The maximum Gasteiger partial charge on any atom is 0.307 e. The van der Waals surface area contributed by atoms with E-state index in [4.69, 9.17) is 0 Å². The highest BCUT2D eigenvalue weighted by Crippen LogP contribution is 2.24. The van der Waals surface area contributed by atoms with Crippen molar-refractivity contribution in [1.29, 1.82) is 0 Å². The zero-order chi connectivity index (χ0) is 17.9. The van der Waals surface area contributed by atoms with Gasteiger partial charge in [0.1, 0.15) is 0 Å². The number of likely N-dealkylation sites (N-methyl/N-ethyl adjacent to an activating group) is 1. The second kappa shape index (κ2) is 7.66. The van der Waals surface area contributed by atoms with E-state index in [9.17, 15) is 9.90 Å². The molecule has 1 heterocycles. The van der Waals surface area contributed by atoms with Crippen LogP contribution in [0.1, 0.15) is 44.7 Å². The fourth-order valence-electron chi connectivity index (χ4n) is 3.38. The van der Waals surface area contributed by atoms with Gasteiger partial charge in [-0.3, -0.25) is 9.69 Å². The lowest BCUT2D eigenvalue weighted by Crippen LogP contribution is -2.39. The van der Waals surface area contributed by atoms with Crippen LogP contribution in [0.2, 0.25) is 0 Å². The Morgan fingerprint density at radius 3 is 2.29 bits per heavy atom. The monoisotopic (exact) mass is 332 g/mol. The smallest absolute Gasteiger partial charge is 0.307 e. The molecule has 0 aliphatic carbocycles. The molecule has 1 aromatic carbocycles. The van der Waals surface area contributed by atoms with Crippen molar-refractivity contribution in [2.24, 2.45) is 5.92 Å². The summed E-state index contributed by atoms with van der Waals surface area (Å²) in [7, 11) is 4.17. The summed E-state index contributed by atoms with van der Waals surface area (Å²) in [6.07, 6.45) is 1.71. The molecule has 2 atom stereocenters.